The summed E-state index contributed by atoms with van der Waals surface area (Å²) in [5.41, 5.74) is 0. The summed E-state index contributed by atoms with van der Waals surface area (Å²) in [6.45, 7) is 4.63. The van der Waals surface area contributed by atoms with E-state index >= 15 is 0 Å². The molecule has 0 radical (unpaired) electrons. The molecule has 0 aromatic heterocycles. The highest BCUT2D eigenvalue weighted by molar-refractivity contribution is 4.42. The minimum atomic E-state index is 0. The van der Waals surface area contributed by atoms with Crippen LogP contribution in [0.4, 0.5) is 0 Å². The van der Waals surface area contributed by atoms with Crippen molar-refractivity contribution in [3.63, 3.8) is 0 Å². The van der Waals surface area contributed by atoms with Gasteiger partial charge in [0.2, 0.25) is 0 Å². The minimum Gasteiger partial charge on any atom is -1.00 e. The van der Waals surface area contributed by atoms with Gasteiger partial charge >= 0.3 is 0 Å². The molecule has 14 heavy (non-hydrogen) atoms. The fraction of sp³-hybridized carbons (Fsp3) is 1.00. The summed E-state index contributed by atoms with van der Waals surface area (Å²) < 4.78 is 0.961. The molecule has 0 saturated carbocycles. The Labute approximate surface area is 99.7 Å². The van der Waals surface area contributed by atoms with Crippen LogP contribution in [-0.2, 0) is 0 Å². The van der Waals surface area contributed by atoms with Crippen molar-refractivity contribution in [2.24, 2.45) is 0 Å². The number of hydrogen-bond acceptors (Lipinski definition) is 1. The van der Waals surface area contributed by atoms with E-state index in [-0.39, 0.29) is 17.0 Å². The molecule has 0 aromatic carbocycles. The van der Waals surface area contributed by atoms with E-state index in [0.717, 1.165) is 11.0 Å². The van der Waals surface area contributed by atoms with E-state index in [9.17, 15) is 0 Å². The molecule has 0 heterocycles. The Bertz CT molecular complexity index is 118. The van der Waals surface area contributed by atoms with E-state index in [1.54, 1.807) is 0 Å². The third-order valence-corrected chi connectivity index (χ3v) is 2.57. The normalized spacial score (nSPS) is 11.1. The molecule has 0 rings (SSSR count). The van der Waals surface area contributed by atoms with Gasteiger partial charge in [-0.15, -0.1) is 0 Å². The van der Waals surface area contributed by atoms with Crippen molar-refractivity contribution in [2.45, 2.75) is 39.0 Å². The number of nitrogens with zero attached hydrogens (tertiary/aromatic N) is 1. The average molecular weight is 268 g/mol. The third kappa shape index (κ3) is 10.5. The fourth-order valence-electron chi connectivity index (χ4n) is 1.53. The van der Waals surface area contributed by atoms with Crippen LogP contribution in [0.3, 0.4) is 0 Å². The molecule has 0 aliphatic carbocycles. The van der Waals surface area contributed by atoms with E-state index < -0.39 is 0 Å². The van der Waals surface area contributed by atoms with Crippen LogP contribution < -0.4 is 17.0 Å². The maximum Gasteiger partial charge on any atom is 0.102 e. The van der Waals surface area contributed by atoms with Gasteiger partial charge in [0.25, 0.3) is 0 Å². The first kappa shape index (κ1) is 16.8. The van der Waals surface area contributed by atoms with Crippen LogP contribution >= 0.6 is 0 Å². The second kappa shape index (κ2) is 9.94. The maximum atomic E-state index is 8.83. The van der Waals surface area contributed by atoms with Crippen LogP contribution in [-0.4, -0.2) is 43.4 Å². The van der Waals surface area contributed by atoms with E-state index in [1.807, 2.05) is 0 Å². The molecule has 0 aromatic rings. The molecule has 0 atom stereocenters. The summed E-state index contributed by atoms with van der Waals surface area (Å²) in [4.78, 5) is 0. The smallest absolute Gasteiger partial charge is 0.102 e. The minimum absolute atomic E-state index is 0. The summed E-state index contributed by atoms with van der Waals surface area (Å²) in [5, 5.41) is 8.83. The second-order valence-electron chi connectivity index (χ2n) is 4.52. The lowest BCUT2D eigenvalue weighted by molar-refractivity contribution is -0.890. The fourth-order valence-corrected chi connectivity index (χ4v) is 1.53. The molecule has 0 fully saturated rings. The van der Waals surface area contributed by atoms with E-state index in [1.165, 1.54) is 38.6 Å². The van der Waals surface area contributed by atoms with Gasteiger partial charge in [0.15, 0.2) is 0 Å². The highest BCUT2D eigenvalue weighted by Crippen LogP contribution is 2.06. The third-order valence-electron chi connectivity index (χ3n) is 2.57. The summed E-state index contributed by atoms with van der Waals surface area (Å²) in [6.07, 6.45) is 6.70. The molecule has 0 saturated heterocycles. The second-order valence-corrected chi connectivity index (χ2v) is 4.52. The number of unbranched alkanes of at least 4 members (excludes halogenated alkanes) is 4. The number of likely N-dealkylation sites (N-methyl/N-ethyl adjacent to an activating group) is 1. The predicted molar refractivity (Wildman–Crippen MR) is 57.7 cm³/mol. The maximum absolute atomic E-state index is 8.83. The van der Waals surface area contributed by atoms with E-state index in [2.05, 4.69) is 21.0 Å². The highest BCUT2D eigenvalue weighted by Gasteiger charge is 2.12. The van der Waals surface area contributed by atoms with Crippen LogP contribution in [0.5, 0.6) is 0 Å². The SMILES string of the molecule is CCCCCCC[N+](C)(C)CCO.[Br-]. The Morgan fingerprint density at radius 2 is 1.50 bits per heavy atom. The zero-order valence-corrected chi connectivity index (χ0v) is 11.5. The summed E-state index contributed by atoms with van der Waals surface area (Å²) in [7, 11) is 4.38. The van der Waals surface area contributed by atoms with Crippen molar-refractivity contribution in [3.05, 3.63) is 0 Å². The molecule has 0 amide bonds. The van der Waals surface area contributed by atoms with Crippen molar-refractivity contribution < 1.29 is 26.6 Å². The number of quaternary nitrogens is 1. The average Bonchev–Trinajstić information content (AvgIpc) is 2.04. The summed E-state index contributed by atoms with van der Waals surface area (Å²) >= 11 is 0. The van der Waals surface area contributed by atoms with Crippen molar-refractivity contribution in [2.75, 3.05) is 33.8 Å². The molecule has 2 nitrogen and oxygen atoms in total. The van der Waals surface area contributed by atoms with Gasteiger partial charge in [0, 0.05) is 0 Å². The van der Waals surface area contributed by atoms with Gasteiger partial charge in [0.05, 0.1) is 27.2 Å². The van der Waals surface area contributed by atoms with Gasteiger partial charge in [-0.05, 0) is 12.8 Å². The summed E-state index contributed by atoms with van der Waals surface area (Å²) in [6, 6.07) is 0. The molecule has 1 N–H and O–H groups in total. The van der Waals surface area contributed by atoms with Gasteiger partial charge in [-0.3, -0.25) is 0 Å². The number of aliphatic hydroxyl groups excluding tert-OH is 1. The topological polar surface area (TPSA) is 20.2 Å². The van der Waals surface area contributed by atoms with Crippen molar-refractivity contribution in [1.82, 2.24) is 0 Å². The molecule has 0 unspecified atom stereocenters. The van der Waals surface area contributed by atoms with E-state index in [0.29, 0.717) is 6.61 Å². The van der Waals surface area contributed by atoms with Crippen LogP contribution in [0.25, 0.3) is 0 Å². The van der Waals surface area contributed by atoms with Crippen molar-refractivity contribution in [1.29, 1.82) is 0 Å². The predicted octanol–water partition coefficient (Wildman–Crippen LogP) is -0.970. The highest BCUT2D eigenvalue weighted by atomic mass is 79.9. The molecule has 0 aliphatic heterocycles. The molecular formula is C11H26BrNO. The van der Waals surface area contributed by atoms with Gasteiger partial charge < -0.3 is 26.6 Å². The number of halogens is 1. The first-order valence-electron chi connectivity index (χ1n) is 5.55. The number of aliphatic hydroxyl groups is 1. The Balaban J connectivity index is 0. The molecule has 3 heteroatoms. The van der Waals surface area contributed by atoms with Gasteiger partial charge in [-0.25, -0.2) is 0 Å². The lowest BCUT2D eigenvalue weighted by atomic mass is 10.1. The Morgan fingerprint density at radius 1 is 0.929 bits per heavy atom. The van der Waals surface area contributed by atoms with Crippen LogP contribution in [0.1, 0.15) is 39.0 Å². The largest absolute Gasteiger partial charge is 1.00 e. The van der Waals surface area contributed by atoms with Gasteiger partial charge in [-0.2, -0.15) is 0 Å². The van der Waals surface area contributed by atoms with Crippen LogP contribution in [0, 0.1) is 0 Å². The Kier molecular flexibility index (Phi) is 11.9. The lowest BCUT2D eigenvalue weighted by Gasteiger charge is -2.28. The van der Waals surface area contributed by atoms with Gasteiger partial charge in [0.1, 0.15) is 6.54 Å². The van der Waals surface area contributed by atoms with Gasteiger partial charge in [-0.1, -0.05) is 26.2 Å². The number of rotatable bonds is 8. The van der Waals surface area contributed by atoms with Crippen molar-refractivity contribution in [3.8, 4) is 0 Å². The zero-order chi connectivity index (χ0) is 10.2. The van der Waals surface area contributed by atoms with Crippen molar-refractivity contribution >= 4 is 0 Å². The molecule has 0 aliphatic rings. The Morgan fingerprint density at radius 3 is 2.00 bits per heavy atom. The quantitative estimate of drug-likeness (QED) is 0.444. The van der Waals surface area contributed by atoms with Crippen LogP contribution in [0.15, 0.2) is 0 Å². The van der Waals surface area contributed by atoms with E-state index in [4.69, 9.17) is 5.11 Å². The lowest BCUT2D eigenvalue weighted by Crippen LogP contribution is -3.00. The molecule has 0 bridgehead atoms. The first-order chi connectivity index (χ1) is 6.12. The molecule has 88 valence electrons. The van der Waals surface area contributed by atoms with Crippen LogP contribution in [0.2, 0.25) is 0 Å². The Hall–Kier alpha value is 0.400. The monoisotopic (exact) mass is 267 g/mol. The molecule has 0 spiro atoms. The zero-order valence-electron chi connectivity index (χ0n) is 9.93. The first-order valence-corrected chi connectivity index (χ1v) is 5.55. The number of hydrogen-bond donors (Lipinski definition) is 1. The standard InChI is InChI=1S/C11H26NO.BrH/c1-4-5-6-7-8-9-12(2,3)10-11-13;/h13H,4-11H2,1-3H3;1H/q+1;/p-1. The molecular weight excluding hydrogens is 242 g/mol. The summed E-state index contributed by atoms with van der Waals surface area (Å²) in [5.74, 6) is 0.